The molecule has 2 N–H and O–H groups in total. The molecule has 0 saturated heterocycles. The van der Waals surface area contributed by atoms with Gasteiger partial charge < -0.3 is 20.1 Å². The van der Waals surface area contributed by atoms with Gasteiger partial charge in [-0.2, -0.15) is 11.8 Å². The van der Waals surface area contributed by atoms with Crippen molar-refractivity contribution in [2.45, 2.75) is 18.9 Å². The van der Waals surface area contributed by atoms with Crippen molar-refractivity contribution >= 4 is 29.5 Å². The summed E-state index contributed by atoms with van der Waals surface area (Å²) in [7, 11) is 2.84. The third kappa shape index (κ3) is 7.47. The van der Waals surface area contributed by atoms with E-state index < -0.39 is 12.0 Å². The van der Waals surface area contributed by atoms with Crippen LogP contribution in [-0.2, 0) is 14.3 Å². The Bertz CT molecular complexity index is 577. The van der Waals surface area contributed by atoms with Gasteiger partial charge in [-0.1, -0.05) is 0 Å². The number of amides is 2. The number of carbonyl (C=O) groups excluding carboxylic acids is 3. The van der Waals surface area contributed by atoms with Crippen LogP contribution in [0.25, 0.3) is 0 Å². The highest BCUT2D eigenvalue weighted by Crippen LogP contribution is 2.11. The average molecular weight is 368 g/mol. The lowest BCUT2D eigenvalue weighted by atomic mass is 10.2. The molecule has 7 nitrogen and oxygen atoms in total. The molecule has 1 atom stereocenters. The molecule has 1 aromatic carbocycles. The molecule has 1 rings (SSSR count). The SMILES string of the molecule is COC(=O)C(CCSC)NC(=O)CCNC(=O)c1ccc(OC)cc1. The molecule has 1 aromatic rings. The van der Waals surface area contributed by atoms with E-state index in [4.69, 9.17) is 4.74 Å². The van der Waals surface area contributed by atoms with Crippen LogP contribution < -0.4 is 15.4 Å². The Morgan fingerprint density at radius 1 is 1.16 bits per heavy atom. The Morgan fingerprint density at radius 3 is 2.40 bits per heavy atom. The van der Waals surface area contributed by atoms with E-state index in [9.17, 15) is 14.4 Å². The fourth-order valence-corrected chi connectivity index (χ4v) is 2.50. The first-order valence-electron chi connectivity index (χ1n) is 7.80. The van der Waals surface area contributed by atoms with Crippen molar-refractivity contribution < 1.29 is 23.9 Å². The summed E-state index contributed by atoms with van der Waals surface area (Å²) in [6.07, 6.45) is 2.50. The monoisotopic (exact) mass is 368 g/mol. The van der Waals surface area contributed by atoms with Gasteiger partial charge in [0.2, 0.25) is 5.91 Å². The summed E-state index contributed by atoms with van der Waals surface area (Å²) < 4.78 is 9.72. The van der Waals surface area contributed by atoms with Crippen LogP contribution in [0.3, 0.4) is 0 Å². The first kappa shape index (κ1) is 20.8. The first-order valence-corrected chi connectivity index (χ1v) is 9.19. The van der Waals surface area contributed by atoms with E-state index in [1.54, 1.807) is 43.1 Å². The molecule has 0 aliphatic heterocycles. The molecule has 1 unspecified atom stereocenters. The number of esters is 1. The zero-order valence-electron chi connectivity index (χ0n) is 14.7. The molecule has 2 amide bonds. The first-order chi connectivity index (χ1) is 12.0. The van der Waals surface area contributed by atoms with Crippen molar-refractivity contribution in [3.63, 3.8) is 0 Å². The van der Waals surface area contributed by atoms with Gasteiger partial charge in [0.15, 0.2) is 0 Å². The zero-order valence-corrected chi connectivity index (χ0v) is 15.5. The largest absolute Gasteiger partial charge is 0.497 e. The highest BCUT2D eigenvalue weighted by Gasteiger charge is 2.20. The molecule has 8 heteroatoms. The quantitative estimate of drug-likeness (QED) is 0.603. The maximum atomic E-state index is 12.0. The van der Waals surface area contributed by atoms with Gasteiger partial charge in [-0.25, -0.2) is 4.79 Å². The fraction of sp³-hybridized carbons (Fsp3) is 0.471. The third-order valence-corrected chi connectivity index (χ3v) is 4.07. The third-order valence-electron chi connectivity index (χ3n) is 3.42. The number of carbonyl (C=O) groups is 3. The number of methoxy groups -OCH3 is 2. The summed E-state index contributed by atoms with van der Waals surface area (Å²) in [5.74, 6) is 0.336. The lowest BCUT2D eigenvalue weighted by molar-refractivity contribution is -0.145. The molecule has 25 heavy (non-hydrogen) atoms. The Hall–Kier alpha value is -2.22. The molecule has 0 saturated carbocycles. The highest BCUT2D eigenvalue weighted by molar-refractivity contribution is 7.98. The van der Waals surface area contributed by atoms with Gasteiger partial charge in [-0.05, 0) is 42.7 Å². The summed E-state index contributed by atoms with van der Waals surface area (Å²) in [6.45, 7) is 0.174. The summed E-state index contributed by atoms with van der Waals surface area (Å²) in [4.78, 5) is 35.6. The minimum atomic E-state index is -0.665. The molecule has 138 valence electrons. The maximum Gasteiger partial charge on any atom is 0.328 e. The molecule has 0 aliphatic carbocycles. The van der Waals surface area contributed by atoms with Crippen LogP contribution in [0.15, 0.2) is 24.3 Å². The van der Waals surface area contributed by atoms with Crippen molar-refractivity contribution in [3.05, 3.63) is 29.8 Å². The van der Waals surface area contributed by atoms with E-state index in [-0.39, 0.29) is 24.8 Å². The normalized spacial score (nSPS) is 11.3. The second-order valence-electron chi connectivity index (χ2n) is 5.16. The minimum absolute atomic E-state index is 0.0780. The van der Waals surface area contributed by atoms with Crippen LogP contribution in [0.1, 0.15) is 23.2 Å². The standard InChI is InChI=1S/C17H24N2O5S/c1-23-13-6-4-12(5-7-13)16(21)18-10-8-15(20)19-14(9-11-25-3)17(22)24-2/h4-7,14H,8-11H2,1-3H3,(H,18,21)(H,19,20). The number of benzene rings is 1. The molecule has 0 fully saturated rings. The van der Waals surface area contributed by atoms with Crippen LogP contribution in [-0.4, -0.2) is 56.6 Å². The highest BCUT2D eigenvalue weighted by atomic mass is 32.2. The van der Waals surface area contributed by atoms with Crippen LogP contribution >= 0.6 is 11.8 Å². The second-order valence-corrected chi connectivity index (χ2v) is 6.14. The van der Waals surface area contributed by atoms with Crippen molar-refractivity contribution in [1.29, 1.82) is 0 Å². The molecule has 0 radical (unpaired) electrons. The number of nitrogens with one attached hydrogen (secondary N) is 2. The Balaban J connectivity index is 2.41. The predicted molar refractivity (Wildman–Crippen MR) is 96.9 cm³/mol. The van der Waals surface area contributed by atoms with Crippen molar-refractivity contribution in [1.82, 2.24) is 10.6 Å². The molecule has 0 aromatic heterocycles. The van der Waals surface area contributed by atoms with Gasteiger partial charge >= 0.3 is 5.97 Å². The maximum absolute atomic E-state index is 12.0. The van der Waals surface area contributed by atoms with Gasteiger partial charge in [0.1, 0.15) is 11.8 Å². The topological polar surface area (TPSA) is 93.7 Å². The van der Waals surface area contributed by atoms with Gasteiger partial charge in [0.25, 0.3) is 5.91 Å². The van der Waals surface area contributed by atoms with E-state index in [0.717, 1.165) is 5.75 Å². The van der Waals surface area contributed by atoms with Gasteiger partial charge in [0.05, 0.1) is 14.2 Å². The summed E-state index contributed by atoms with van der Waals surface area (Å²) >= 11 is 1.58. The van der Waals surface area contributed by atoms with Gasteiger partial charge in [-0.3, -0.25) is 9.59 Å². The summed E-state index contributed by atoms with van der Waals surface area (Å²) in [6, 6.07) is 6.00. The zero-order chi connectivity index (χ0) is 18.7. The lowest BCUT2D eigenvalue weighted by Crippen LogP contribution is -2.43. The molecule has 0 spiro atoms. The van der Waals surface area contributed by atoms with Crippen molar-refractivity contribution in [3.8, 4) is 5.75 Å². The van der Waals surface area contributed by atoms with Gasteiger partial charge in [0, 0.05) is 18.5 Å². The van der Waals surface area contributed by atoms with Crippen LogP contribution in [0.4, 0.5) is 0 Å². The number of hydrogen-bond acceptors (Lipinski definition) is 6. The smallest absolute Gasteiger partial charge is 0.328 e. The fourth-order valence-electron chi connectivity index (χ4n) is 2.03. The predicted octanol–water partition coefficient (Wildman–Crippen LogP) is 1.23. The molecule has 0 bridgehead atoms. The second kappa shape index (κ2) is 11.4. The molecule has 0 aliphatic rings. The summed E-state index contributed by atoms with van der Waals surface area (Å²) in [5, 5.41) is 5.30. The molecular weight excluding hydrogens is 344 g/mol. The summed E-state index contributed by atoms with van der Waals surface area (Å²) in [5.41, 5.74) is 0.480. The van der Waals surface area contributed by atoms with E-state index in [1.165, 1.54) is 7.11 Å². The average Bonchev–Trinajstić information content (AvgIpc) is 2.64. The Kier molecular flexibility index (Phi) is 9.46. The van der Waals surface area contributed by atoms with E-state index in [1.807, 2.05) is 6.26 Å². The van der Waals surface area contributed by atoms with Crippen LogP contribution in [0, 0.1) is 0 Å². The van der Waals surface area contributed by atoms with Crippen LogP contribution in [0.5, 0.6) is 5.75 Å². The number of ether oxygens (including phenoxy) is 2. The van der Waals surface area contributed by atoms with E-state index in [2.05, 4.69) is 15.4 Å². The van der Waals surface area contributed by atoms with E-state index >= 15 is 0 Å². The van der Waals surface area contributed by atoms with Gasteiger partial charge in [-0.15, -0.1) is 0 Å². The Morgan fingerprint density at radius 2 is 1.84 bits per heavy atom. The van der Waals surface area contributed by atoms with Crippen LogP contribution in [0.2, 0.25) is 0 Å². The lowest BCUT2D eigenvalue weighted by Gasteiger charge is -2.16. The Labute approximate surface area is 151 Å². The van der Waals surface area contributed by atoms with E-state index in [0.29, 0.717) is 17.7 Å². The molecular formula is C17H24N2O5S. The number of rotatable bonds is 10. The van der Waals surface area contributed by atoms with Crippen molar-refractivity contribution in [2.24, 2.45) is 0 Å². The molecule has 0 heterocycles. The number of hydrogen-bond donors (Lipinski definition) is 2. The minimum Gasteiger partial charge on any atom is -0.497 e. The number of thioether (sulfide) groups is 1. The van der Waals surface area contributed by atoms with Crippen molar-refractivity contribution in [2.75, 3.05) is 32.8 Å².